The maximum Gasteiger partial charge on any atom is 0.243 e. The number of amides is 1. The summed E-state index contributed by atoms with van der Waals surface area (Å²) >= 11 is 0. The van der Waals surface area contributed by atoms with Crippen molar-refractivity contribution >= 4 is 15.9 Å². The van der Waals surface area contributed by atoms with Gasteiger partial charge in [-0.2, -0.15) is 4.31 Å². The molecule has 2 fully saturated rings. The molecular formula is C24H31N3O3S. The summed E-state index contributed by atoms with van der Waals surface area (Å²) in [5.41, 5.74) is 0.967. The van der Waals surface area contributed by atoms with Crippen LogP contribution in [0, 0.1) is 11.8 Å². The summed E-state index contributed by atoms with van der Waals surface area (Å²) in [5, 5.41) is 6.46. The third-order valence-electron chi connectivity index (χ3n) is 6.41. The molecule has 31 heavy (non-hydrogen) atoms. The van der Waals surface area contributed by atoms with E-state index in [0.29, 0.717) is 25.3 Å². The summed E-state index contributed by atoms with van der Waals surface area (Å²) in [6.07, 6.45) is 3.54. The van der Waals surface area contributed by atoms with Crippen LogP contribution in [0.25, 0.3) is 0 Å². The van der Waals surface area contributed by atoms with Crippen LogP contribution >= 0.6 is 0 Å². The molecule has 0 spiro atoms. The number of rotatable bonds is 6. The molecule has 166 valence electrons. The van der Waals surface area contributed by atoms with Crippen molar-refractivity contribution in [1.29, 1.82) is 0 Å². The number of benzene rings is 2. The quantitative estimate of drug-likeness (QED) is 0.723. The molecule has 2 N–H and O–H groups in total. The van der Waals surface area contributed by atoms with Gasteiger partial charge in [0.25, 0.3) is 0 Å². The average Bonchev–Trinajstić information content (AvgIpc) is 2.84. The van der Waals surface area contributed by atoms with E-state index in [0.717, 1.165) is 31.5 Å². The van der Waals surface area contributed by atoms with Gasteiger partial charge in [0.05, 0.1) is 16.9 Å². The summed E-state index contributed by atoms with van der Waals surface area (Å²) < 4.78 is 28.6. The molecular weight excluding hydrogens is 410 g/mol. The fourth-order valence-electron chi connectivity index (χ4n) is 4.64. The van der Waals surface area contributed by atoms with Gasteiger partial charge in [0.1, 0.15) is 0 Å². The van der Waals surface area contributed by atoms with Crippen molar-refractivity contribution in [3.05, 3.63) is 66.2 Å². The van der Waals surface area contributed by atoms with Crippen molar-refractivity contribution in [2.24, 2.45) is 11.8 Å². The lowest BCUT2D eigenvalue weighted by Crippen LogP contribution is -2.48. The first-order valence-corrected chi connectivity index (χ1v) is 12.6. The van der Waals surface area contributed by atoms with Gasteiger partial charge in [-0.15, -0.1) is 0 Å². The molecule has 0 saturated carbocycles. The normalized spacial score (nSPS) is 25.1. The lowest BCUT2D eigenvalue weighted by molar-refractivity contribution is -0.126. The molecule has 2 aromatic carbocycles. The summed E-state index contributed by atoms with van der Waals surface area (Å²) in [6, 6.07) is 18.0. The van der Waals surface area contributed by atoms with Gasteiger partial charge < -0.3 is 10.6 Å². The predicted molar refractivity (Wildman–Crippen MR) is 121 cm³/mol. The van der Waals surface area contributed by atoms with E-state index in [-0.39, 0.29) is 29.3 Å². The largest absolute Gasteiger partial charge is 0.355 e. The number of nitrogens with zero attached hydrogens (tertiary/aromatic N) is 1. The Morgan fingerprint density at radius 1 is 1.00 bits per heavy atom. The first-order chi connectivity index (χ1) is 15.1. The molecule has 0 bridgehead atoms. The highest BCUT2D eigenvalue weighted by Crippen LogP contribution is 2.37. The SMILES string of the molecule is O=C(NC[C@H]1CCCNC1)[C@@H]1CC[C@H](c2ccccc2)N(S(=O)(=O)c2ccccc2)C1. The highest BCUT2D eigenvalue weighted by molar-refractivity contribution is 7.89. The molecule has 2 aliphatic heterocycles. The van der Waals surface area contributed by atoms with Crippen LogP contribution in [0.15, 0.2) is 65.6 Å². The molecule has 7 heteroatoms. The van der Waals surface area contributed by atoms with Gasteiger partial charge in [-0.05, 0) is 62.4 Å². The predicted octanol–water partition coefficient (Wildman–Crippen LogP) is 2.94. The number of hydrogen-bond acceptors (Lipinski definition) is 4. The van der Waals surface area contributed by atoms with Crippen LogP contribution in [0.4, 0.5) is 0 Å². The second kappa shape index (κ2) is 9.94. The van der Waals surface area contributed by atoms with E-state index in [9.17, 15) is 13.2 Å². The number of piperidine rings is 2. The Balaban J connectivity index is 1.52. The summed E-state index contributed by atoms with van der Waals surface area (Å²) in [7, 11) is -3.72. The van der Waals surface area contributed by atoms with Crippen molar-refractivity contribution in [1.82, 2.24) is 14.9 Å². The Morgan fingerprint density at radius 3 is 2.39 bits per heavy atom. The Labute approximate surface area is 185 Å². The molecule has 1 amide bonds. The standard InChI is InChI=1S/C24H31N3O3S/c28-24(26-17-19-8-7-15-25-16-19)21-13-14-23(20-9-3-1-4-10-20)27(18-21)31(29,30)22-11-5-2-6-12-22/h1-6,9-12,19,21,23,25H,7-8,13-18H2,(H,26,28)/t19-,21+,23+/m0/s1. The van der Waals surface area contributed by atoms with Gasteiger partial charge in [-0.3, -0.25) is 4.79 Å². The minimum Gasteiger partial charge on any atom is -0.355 e. The number of carbonyl (C=O) groups is 1. The minimum atomic E-state index is -3.72. The van der Waals surface area contributed by atoms with Gasteiger partial charge in [0.15, 0.2) is 0 Å². The number of sulfonamides is 1. The topological polar surface area (TPSA) is 78.5 Å². The van der Waals surface area contributed by atoms with Gasteiger partial charge >= 0.3 is 0 Å². The van der Waals surface area contributed by atoms with E-state index in [2.05, 4.69) is 10.6 Å². The zero-order valence-electron chi connectivity index (χ0n) is 17.7. The van der Waals surface area contributed by atoms with Crippen LogP contribution in [0.5, 0.6) is 0 Å². The number of carbonyl (C=O) groups excluding carboxylic acids is 1. The second-order valence-electron chi connectivity index (χ2n) is 8.55. The first-order valence-electron chi connectivity index (χ1n) is 11.2. The Morgan fingerprint density at radius 2 is 1.71 bits per heavy atom. The highest BCUT2D eigenvalue weighted by Gasteiger charge is 2.40. The molecule has 3 atom stereocenters. The zero-order chi connectivity index (χ0) is 21.7. The molecule has 2 saturated heterocycles. The van der Waals surface area contributed by atoms with Crippen LogP contribution in [-0.2, 0) is 14.8 Å². The van der Waals surface area contributed by atoms with Crippen LogP contribution < -0.4 is 10.6 Å². The smallest absolute Gasteiger partial charge is 0.243 e. The summed E-state index contributed by atoms with van der Waals surface area (Å²) in [4.78, 5) is 13.2. The zero-order valence-corrected chi connectivity index (χ0v) is 18.6. The Bertz CT molecular complexity index is 960. The third-order valence-corrected chi connectivity index (χ3v) is 8.29. The van der Waals surface area contributed by atoms with Crippen LogP contribution in [0.1, 0.15) is 37.3 Å². The van der Waals surface area contributed by atoms with E-state index in [1.807, 2.05) is 30.3 Å². The van der Waals surface area contributed by atoms with Gasteiger partial charge in [0.2, 0.25) is 15.9 Å². The Hall–Kier alpha value is -2.22. The average molecular weight is 442 g/mol. The van der Waals surface area contributed by atoms with Gasteiger partial charge in [-0.25, -0.2) is 8.42 Å². The molecule has 0 aliphatic carbocycles. The number of hydrogen-bond donors (Lipinski definition) is 2. The van der Waals surface area contributed by atoms with E-state index >= 15 is 0 Å². The molecule has 2 aliphatic rings. The first kappa shape index (κ1) is 22.0. The molecule has 0 radical (unpaired) electrons. The van der Waals surface area contributed by atoms with Crippen molar-refractivity contribution in [2.75, 3.05) is 26.2 Å². The number of nitrogens with one attached hydrogen (secondary N) is 2. The molecule has 4 rings (SSSR count). The highest BCUT2D eigenvalue weighted by atomic mass is 32.2. The fraction of sp³-hybridized carbons (Fsp3) is 0.458. The van der Waals surface area contributed by atoms with E-state index in [1.165, 1.54) is 4.31 Å². The Kier molecular flexibility index (Phi) is 7.05. The fourth-order valence-corrected chi connectivity index (χ4v) is 6.35. The summed E-state index contributed by atoms with van der Waals surface area (Å²) in [6.45, 7) is 2.82. The van der Waals surface area contributed by atoms with E-state index in [1.54, 1.807) is 30.3 Å². The second-order valence-corrected chi connectivity index (χ2v) is 10.4. The molecule has 0 aromatic heterocycles. The van der Waals surface area contributed by atoms with Crippen molar-refractivity contribution in [3.63, 3.8) is 0 Å². The van der Waals surface area contributed by atoms with E-state index in [4.69, 9.17) is 0 Å². The van der Waals surface area contributed by atoms with Crippen LogP contribution in [-0.4, -0.2) is 44.8 Å². The summed E-state index contributed by atoms with van der Waals surface area (Å²) in [5.74, 6) is 0.0721. The van der Waals surface area contributed by atoms with Gasteiger partial charge in [0, 0.05) is 13.1 Å². The molecule has 2 heterocycles. The van der Waals surface area contributed by atoms with Crippen LogP contribution in [0.3, 0.4) is 0 Å². The molecule has 0 unspecified atom stereocenters. The van der Waals surface area contributed by atoms with Gasteiger partial charge in [-0.1, -0.05) is 48.5 Å². The maximum atomic E-state index is 13.5. The van der Waals surface area contributed by atoms with Crippen LogP contribution in [0.2, 0.25) is 0 Å². The van der Waals surface area contributed by atoms with E-state index < -0.39 is 10.0 Å². The van der Waals surface area contributed by atoms with Crippen molar-refractivity contribution in [3.8, 4) is 0 Å². The van der Waals surface area contributed by atoms with Crippen molar-refractivity contribution in [2.45, 2.75) is 36.6 Å². The van der Waals surface area contributed by atoms with Crippen molar-refractivity contribution < 1.29 is 13.2 Å². The monoisotopic (exact) mass is 441 g/mol. The third kappa shape index (κ3) is 5.17. The lowest BCUT2D eigenvalue weighted by atomic mass is 9.90. The molecule has 6 nitrogen and oxygen atoms in total. The maximum absolute atomic E-state index is 13.5. The molecule has 2 aromatic rings. The lowest BCUT2D eigenvalue weighted by Gasteiger charge is -2.38. The minimum absolute atomic E-state index is 0.0367.